The molecule has 1 aromatic heterocycles. The molecule has 5 heteroatoms. The van der Waals surface area contributed by atoms with Crippen molar-refractivity contribution in [3.8, 4) is 11.3 Å². The molecule has 1 heterocycles. The van der Waals surface area contributed by atoms with Gasteiger partial charge in [-0.05, 0) is 30.7 Å². The molecule has 3 aromatic carbocycles. The van der Waals surface area contributed by atoms with Gasteiger partial charge in [-0.3, -0.25) is 4.79 Å². The zero-order chi connectivity index (χ0) is 18.8. The van der Waals surface area contributed by atoms with Crippen molar-refractivity contribution in [2.75, 3.05) is 5.32 Å². The molecule has 0 fully saturated rings. The molecule has 4 aromatic rings. The van der Waals surface area contributed by atoms with Gasteiger partial charge >= 0.3 is 0 Å². The lowest BCUT2D eigenvalue weighted by molar-refractivity contribution is 0.102. The van der Waals surface area contributed by atoms with Crippen LogP contribution in [0.25, 0.3) is 22.2 Å². The predicted molar refractivity (Wildman–Crippen MR) is 109 cm³/mol. The Labute approximate surface area is 161 Å². The molecule has 0 saturated carbocycles. The molecule has 4 rings (SSSR count). The first-order valence-corrected chi connectivity index (χ1v) is 8.89. The van der Waals surface area contributed by atoms with Crippen LogP contribution in [0.15, 0.2) is 72.8 Å². The molecule has 132 valence electrons. The van der Waals surface area contributed by atoms with Crippen molar-refractivity contribution in [2.24, 2.45) is 0 Å². The van der Waals surface area contributed by atoms with E-state index in [1.54, 1.807) is 6.07 Å². The zero-order valence-electron chi connectivity index (χ0n) is 14.6. The summed E-state index contributed by atoms with van der Waals surface area (Å²) < 4.78 is 0. The highest BCUT2D eigenvalue weighted by atomic mass is 35.5. The van der Waals surface area contributed by atoms with Gasteiger partial charge in [-0.25, -0.2) is 0 Å². The second-order valence-corrected chi connectivity index (χ2v) is 6.63. The number of rotatable bonds is 3. The molecule has 1 N–H and O–H groups in total. The van der Waals surface area contributed by atoms with Crippen molar-refractivity contribution >= 4 is 34.1 Å². The third-order valence-corrected chi connectivity index (χ3v) is 4.78. The van der Waals surface area contributed by atoms with Crippen LogP contribution in [0.1, 0.15) is 15.9 Å². The Kier molecular flexibility index (Phi) is 4.57. The van der Waals surface area contributed by atoms with Crippen LogP contribution in [0, 0.1) is 6.92 Å². The summed E-state index contributed by atoms with van der Waals surface area (Å²) in [5.74, 6) is -0.250. The van der Waals surface area contributed by atoms with Gasteiger partial charge in [0.15, 0.2) is 0 Å². The Morgan fingerprint density at radius 2 is 1.67 bits per heavy atom. The maximum absolute atomic E-state index is 13.2. The Morgan fingerprint density at radius 3 is 2.44 bits per heavy atom. The molecular formula is C22H16ClN3O. The van der Waals surface area contributed by atoms with Gasteiger partial charge in [0.1, 0.15) is 5.69 Å². The summed E-state index contributed by atoms with van der Waals surface area (Å²) in [4.78, 5) is 13.2. The molecule has 0 atom stereocenters. The second kappa shape index (κ2) is 7.17. The van der Waals surface area contributed by atoms with Crippen molar-refractivity contribution in [1.82, 2.24) is 10.2 Å². The average molecular weight is 374 g/mol. The van der Waals surface area contributed by atoms with E-state index < -0.39 is 0 Å². The van der Waals surface area contributed by atoms with E-state index in [0.29, 0.717) is 27.5 Å². The third kappa shape index (κ3) is 3.39. The number of halogens is 1. The largest absolute Gasteiger partial charge is 0.322 e. The summed E-state index contributed by atoms with van der Waals surface area (Å²) in [5, 5.41) is 12.9. The first kappa shape index (κ1) is 17.2. The summed E-state index contributed by atoms with van der Waals surface area (Å²) in [6.07, 6.45) is 0. The van der Waals surface area contributed by atoms with Crippen LogP contribution in [0.4, 0.5) is 5.69 Å². The van der Waals surface area contributed by atoms with E-state index in [1.807, 2.05) is 73.7 Å². The number of nitrogens with zero attached hydrogens (tertiary/aromatic N) is 2. The second-order valence-electron chi connectivity index (χ2n) is 6.22. The number of hydrogen-bond acceptors (Lipinski definition) is 3. The molecule has 0 spiro atoms. The van der Waals surface area contributed by atoms with Crippen LogP contribution < -0.4 is 5.32 Å². The van der Waals surface area contributed by atoms with Crippen molar-refractivity contribution in [2.45, 2.75) is 6.92 Å². The number of nitrogens with one attached hydrogen (secondary N) is 1. The van der Waals surface area contributed by atoms with E-state index in [1.165, 1.54) is 0 Å². The van der Waals surface area contributed by atoms with Crippen molar-refractivity contribution in [1.29, 1.82) is 0 Å². The molecule has 0 aliphatic heterocycles. The highest BCUT2D eigenvalue weighted by Gasteiger charge is 2.19. The molecule has 0 unspecified atom stereocenters. The highest BCUT2D eigenvalue weighted by molar-refractivity contribution is 6.31. The number of anilines is 1. The maximum Gasteiger partial charge on any atom is 0.258 e. The first-order valence-electron chi connectivity index (χ1n) is 8.52. The minimum Gasteiger partial charge on any atom is -0.322 e. The third-order valence-electron chi connectivity index (χ3n) is 4.37. The number of carbonyl (C=O) groups excluding carboxylic acids is 1. The topological polar surface area (TPSA) is 54.9 Å². The minimum atomic E-state index is -0.250. The van der Waals surface area contributed by atoms with Gasteiger partial charge in [-0.15, -0.1) is 10.2 Å². The van der Waals surface area contributed by atoms with Crippen LogP contribution in [-0.2, 0) is 0 Å². The normalized spacial score (nSPS) is 10.7. The Morgan fingerprint density at radius 1 is 0.926 bits per heavy atom. The standard InChI is InChI=1S/C22H16ClN3O/c1-14-11-12-16(13-18(14)23)24-22(27)20-17-9-5-6-10-19(17)25-26-21(20)15-7-3-2-4-8-15/h2-13H,1H3,(H,24,27). The summed E-state index contributed by atoms with van der Waals surface area (Å²) >= 11 is 6.19. The van der Waals surface area contributed by atoms with Gasteiger partial charge in [-0.2, -0.15) is 0 Å². The molecule has 0 aliphatic rings. The van der Waals surface area contributed by atoms with Crippen LogP contribution in [0.3, 0.4) is 0 Å². The smallest absolute Gasteiger partial charge is 0.258 e. The van der Waals surface area contributed by atoms with Crippen molar-refractivity contribution in [3.63, 3.8) is 0 Å². The fraction of sp³-hybridized carbons (Fsp3) is 0.0455. The fourth-order valence-electron chi connectivity index (χ4n) is 2.95. The Hall–Kier alpha value is -3.24. The summed E-state index contributed by atoms with van der Waals surface area (Å²) in [5.41, 5.74) is 4.13. The molecule has 0 saturated heterocycles. The Balaban J connectivity index is 1.85. The molecule has 1 amide bonds. The summed E-state index contributed by atoms with van der Waals surface area (Å²) in [7, 11) is 0. The van der Waals surface area contributed by atoms with Gasteiger partial charge in [0.25, 0.3) is 5.91 Å². The van der Waals surface area contributed by atoms with Gasteiger partial charge in [0.2, 0.25) is 0 Å². The molecule has 0 aliphatic carbocycles. The number of hydrogen-bond donors (Lipinski definition) is 1. The van der Waals surface area contributed by atoms with Gasteiger partial charge in [0.05, 0.1) is 11.1 Å². The SMILES string of the molecule is Cc1ccc(NC(=O)c2c(-c3ccccc3)nnc3ccccc23)cc1Cl. The first-order chi connectivity index (χ1) is 13.1. The fourth-order valence-corrected chi connectivity index (χ4v) is 3.13. The van der Waals surface area contributed by atoms with E-state index in [0.717, 1.165) is 16.5 Å². The number of aryl methyl sites for hydroxylation is 1. The van der Waals surface area contributed by atoms with E-state index in [-0.39, 0.29) is 5.91 Å². The molecular weight excluding hydrogens is 358 g/mol. The quantitative estimate of drug-likeness (QED) is 0.515. The minimum absolute atomic E-state index is 0.250. The van der Waals surface area contributed by atoms with E-state index in [2.05, 4.69) is 15.5 Å². The lowest BCUT2D eigenvalue weighted by atomic mass is 10.0. The zero-order valence-corrected chi connectivity index (χ0v) is 15.4. The van der Waals surface area contributed by atoms with E-state index >= 15 is 0 Å². The monoisotopic (exact) mass is 373 g/mol. The van der Waals surface area contributed by atoms with Crippen LogP contribution in [-0.4, -0.2) is 16.1 Å². The predicted octanol–water partition coefficient (Wildman–Crippen LogP) is 5.51. The lowest BCUT2D eigenvalue weighted by Gasteiger charge is -2.12. The van der Waals surface area contributed by atoms with Crippen molar-refractivity contribution in [3.05, 3.63) is 88.9 Å². The highest BCUT2D eigenvalue weighted by Crippen LogP contribution is 2.28. The van der Waals surface area contributed by atoms with E-state index in [4.69, 9.17) is 11.6 Å². The number of fused-ring (bicyclic) bond motifs is 1. The number of benzene rings is 3. The summed E-state index contributed by atoms with van der Waals surface area (Å²) in [6, 6.07) is 22.5. The van der Waals surface area contributed by atoms with Crippen LogP contribution in [0.2, 0.25) is 5.02 Å². The molecule has 0 bridgehead atoms. The van der Waals surface area contributed by atoms with Crippen LogP contribution >= 0.6 is 11.6 Å². The molecule has 27 heavy (non-hydrogen) atoms. The van der Waals surface area contributed by atoms with Crippen molar-refractivity contribution < 1.29 is 4.79 Å². The lowest BCUT2D eigenvalue weighted by Crippen LogP contribution is -2.15. The van der Waals surface area contributed by atoms with Gasteiger partial charge in [0, 0.05) is 21.7 Å². The molecule has 4 nitrogen and oxygen atoms in total. The van der Waals surface area contributed by atoms with E-state index in [9.17, 15) is 4.79 Å². The number of aromatic nitrogens is 2. The van der Waals surface area contributed by atoms with Crippen LogP contribution in [0.5, 0.6) is 0 Å². The number of amides is 1. The number of carbonyl (C=O) groups is 1. The maximum atomic E-state index is 13.2. The van der Waals surface area contributed by atoms with Gasteiger partial charge < -0.3 is 5.32 Å². The summed E-state index contributed by atoms with van der Waals surface area (Å²) in [6.45, 7) is 1.92. The van der Waals surface area contributed by atoms with Gasteiger partial charge in [-0.1, -0.05) is 66.2 Å². The average Bonchev–Trinajstić information content (AvgIpc) is 2.70. The molecule has 0 radical (unpaired) electrons. The Bertz CT molecular complexity index is 1140.